The molecule has 8 rings (SSSR count). The van der Waals surface area contributed by atoms with E-state index in [4.69, 9.17) is 47.4 Å². The van der Waals surface area contributed by atoms with Crippen LogP contribution in [-0.4, -0.2) is 253 Å². The summed E-state index contributed by atoms with van der Waals surface area (Å²) in [6.07, 6.45) is -42.0. The van der Waals surface area contributed by atoms with Crippen molar-refractivity contribution in [2.24, 2.45) is 0 Å². The summed E-state index contributed by atoms with van der Waals surface area (Å²) in [5.74, 6) is -3.39. The third-order valence-corrected chi connectivity index (χ3v) is 11.0. The second kappa shape index (κ2) is 19.5. The molecule has 0 saturated carbocycles. The number of carbonyl (C=O) groups excluding carboxylic acids is 2. The molecule has 0 spiro atoms. The predicted molar refractivity (Wildman–Crippen MR) is 181 cm³/mol. The van der Waals surface area contributed by atoms with E-state index in [-0.39, 0.29) is 0 Å². The molecule has 0 aliphatic carbocycles. The number of carbonyl (C=O) groups is 3. The van der Waals surface area contributed by atoms with E-state index in [0.717, 1.165) is 13.8 Å². The van der Waals surface area contributed by atoms with Crippen molar-refractivity contribution in [2.45, 2.75) is 161 Å². The summed E-state index contributed by atoms with van der Waals surface area (Å²) in [6.45, 7) is -1.74. The first-order valence-corrected chi connectivity index (χ1v) is 19.0. The molecule has 344 valence electrons. The SMILES string of the molecule is CC(=O)N[C@H]1[C@@H]2O[C@H]3[C@H](O[C@H]4[C@@H](O)[C@H](O[C@@H]5[C@H](O)[C@@H](O)[C@H](O[C@H]6[C@@H](O)[C@@H](CO)O[C@H](O[C@H]([C@@H]1O)[C@@H](CO)O2)[C@@H]6NC(C)=O)O[C@@H]5CO)O[C@@H]4CO)O[C@H](C(=O)O)[C@@H](O)[C@@H]3O. The van der Waals surface area contributed by atoms with Crippen LogP contribution >= 0.6 is 0 Å². The summed E-state index contributed by atoms with van der Waals surface area (Å²) < 4.78 is 58.2. The first-order chi connectivity index (χ1) is 28.4. The standard InChI is InChI=1S/C33H52N2O25/c1-7(40)34-13-16(43)22-10(4-37)52-29(13)60-27-18(45)17(44)26(28(49)50)59-33(27)57-24-12(6-39)54-32(21(24)48)56-23-11(5-38)53-31(20(47)19(23)46)58-25-14(35-8(2)41)30(55-22)51-9(3-36)15(25)42/h9-27,29-33,36-39,42-48H,3-6H2,1-2H3,(H,34,40)(H,35,41)(H,49,50)/t9-,10-,11-,12-,13-,14-,15+,16-,17+,18+,19-,20-,21-,22+,23+,24-,25-,26+,27-,29+,30-,31+,32+,33-/m1/s1. The summed E-state index contributed by atoms with van der Waals surface area (Å²) in [5, 5.41) is 135. The maximum absolute atomic E-state index is 12.6. The van der Waals surface area contributed by atoms with Crippen molar-refractivity contribution < 1.29 is 123 Å². The number of hydrogen-bond acceptors (Lipinski definition) is 24. The number of rotatable bonds is 7. The molecule has 24 atom stereocenters. The third-order valence-electron chi connectivity index (χ3n) is 11.0. The molecule has 27 nitrogen and oxygen atoms in total. The lowest BCUT2D eigenvalue weighted by molar-refractivity contribution is -0.376. The lowest BCUT2D eigenvalue weighted by Crippen LogP contribution is -2.71. The minimum absolute atomic E-state index is 0.784. The molecule has 0 aromatic heterocycles. The smallest absolute Gasteiger partial charge is 0.335 e. The van der Waals surface area contributed by atoms with Crippen LogP contribution in [0.4, 0.5) is 0 Å². The van der Waals surface area contributed by atoms with Crippen LogP contribution < -0.4 is 10.6 Å². The van der Waals surface area contributed by atoms with Crippen molar-refractivity contribution in [1.29, 1.82) is 0 Å². The summed E-state index contributed by atoms with van der Waals surface area (Å²) in [5.41, 5.74) is 0. The number of carboxylic acids is 1. The Labute approximate surface area is 339 Å². The molecule has 0 unspecified atom stereocenters. The molecule has 60 heavy (non-hydrogen) atoms. The Balaban J connectivity index is 1.46. The molecule has 27 heteroatoms. The minimum Gasteiger partial charge on any atom is -0.479 e. The van der Waals surface area contributed by atoms with Gasteiger partial charge in [-0.25, -0.2) is 4.79 Å². The van der Waals surface area contributed by atoms with Gasteiger partial charge in [0.25, 0.3) is 0 Å². The number of amides is 2. The molecule has 8 heterocycles. The highest BCUT2D eigenvalue weighted by atomic mass is 16.8. The maximum Gasteiger partial charge on any atom is 0.335 e. The van der Waals surface area contributed by atoms with E-state index < -0.39 is 192 Å². The van der Waals surface area contributed by atoms with E-state index in [1.54, 1.807) is 0 Å². The molecule has 8 aliphatic heterocycles. The van der Waals surface area contributed by atoms with E-state index in [9.17, 15) is 75.7 Å². The highest BCUT2D eigenvalue weighted by Gasteiger charge is 2.59. The molecule has 0 aromatic carbocycles. The Morgan fingerprint density at radius 2 is 0.800 bits per heavy atom. The summed E-state index contributed by atoms with van der Waals surface area (Å²) in [7, 11) is 0. The first-order valence-electron chi connectivity index (χ1n) is 19.0. The van der Waals surface area contributed by atoms with Gasteiger partial charge in [0.1, 0.15) is 110 Å². The van der Waals surface area contributed by atoms with E-state index in [1.165, 1.54) is 0 Å². The van der Waals surface area contributed by atoms with Gasteiger partial charge < -0.3 is 119 Å². The Morgan fingerprint density at radius 1 is 0.400 bits per heavy atom. The average molecular weight is 877 g/mol. The molecular weight excluding hydrogens is 824 g/mol. The van der Waals surface area contributed by atoms with Crippen LogP contribution in [-0.2, 0) is 61.8 Å². The van der Waals surface area contributed by atoms with Gasteiger partial charge in [-0.2, -0.15) is 0 Å². The van der Waals surface area contributed by atoms with Gasteiger partial charge in [0.15, 0.2) is 37.6 Å². The largest absolute Gasteiger partial charge is 0.479 e. The van der Waals surface area contributed by atoms with E-state index in [2.05, 4.69) is 10.6 Å². The van der Waals surface area contributed by atoms with Gasteiger partial charge in [0, 0.05) is 13.8 Å². The second-order valence-corrected chi connectivity index (χ2v) is 15.1. The molecular formula is C33H52N2O25. The molecule has 8 bridgehead atoms. The zero-order valence-electron chi connectivity index (χ0n) is 31.9. The van der Waals surface area contributed by atoms with E-state index in [0.29, 0.717) is 0 Å². The summed E-state index contributed by atoms with van der Waals surface area (Å²) >= 11 is 0. The Bertz CT molecular complexity index is 1480. The number of nitrogens with one attached hydrogen (secondary N) is 2. The number of aliphatic hydroxyl groups excluding tert-OH is 11. The fourth-order valence-electron chi connectivity index (χ4n) is 8.01. The molecule has 8 fully saturated rings. The monoisotopic (exact) mass is 876 g/mol. The molecule has 2 amide bonds. The van der Waals surface area contributed by atoms with Gasteiger partial charge in [0.05, 0.1) is 26.4 Å². The number of aliphatic hydroxyl groups is 11. The van der Waals surface area contributed by atoms with Crippen LogP contribution in [0.1, 0.15) is 13.8 Å². The van der Waals surface area contributed by atoms with Gasteiger partial charge >= 0.3 is 5.97 Å². The van der Waals surface area contributed by atoms with Gasteiger partial charge in [-0.1, -0.05) is 0 Å². The number of aliphatic carboxylic acids is 1. The van der Waals surface area contributed by atoms with Crippen LogP contribution in [0.25, 0.3) is 0 Å². The van der Waals surface area contributed by atoms with Gasteiger partial charge in [-0.15, -0.1) is 0 Å². The van der Waals surface area contributed by atoms with Gasteiger partial charge in [-0.3, -0.25) is 9.59 Å². The van der Waals surface area contributed by atoms with Crippen LogP contribution in [0.15, 0.2) is 0 Å². The fourth-order valence-corrected chi connectivity index (χ4v) is 8.01. The average Bonchev–Trinajstić information content (AvgIpc) is 3.50. The van der Waals surface area contributed by atoms with Crippen molar-refractivity contribution in [3.8, 4) is 0 Å². The van der Waals surface area contributed by atoms with Crippen molar-refractivity contribution in [1.82, 2.24) is 10.6 Å². The third kappa shape index (κ3) is 9.28. The Kier molecular flexibility index (Phi) is 15.3. The zero-order valence-corrected chi connectivity index (χ0v) is 31.9. The fraction of sp³-hybridized carbons (Fsp3) is 0.909. The van der Waals surface area contributed by atoms with Crippen molar-refractivity contribution in [3.63, 3.8) is 0 Å². The van der Waals surface area contributed by atoms with E-state index in [1.807, 2.05) is 0 Å². The van der Waals surface area contributed by atoms with Crippen molar-refractivity contribution in [3.05, 3.63) is 0 Å². The maximum atomic E-state index is 12.6. The highest BCUT2D eigenvalue weighted by Crippen LogP contribution is 2.38. The summed E-state index contributed by atoms with van der Waals surface area (Å²) in [6, 6.07) is -3.38. The number of hydrogen-bond donors (Lipinski definition) is 14. The Morgan fingerprint density at radius 3 is 1.35 bits per heavy atom. The lowest BCUT2D eigenvalue weighted by Gasteiger charge is -2.50. The van der Waals surface area contributed by atoms with Crippen LogP contribution in [0.5, 0.6) is 0 Å². The molecule has 8 aliphatic rings. The second-order valence-electron chi connectivity index (χ2n) is 15.1. The van der Waals surface area contributed by atoms with Crippen LogP contribution in [0, 0.1) is 0 Å². The van der Waals surface area contributed by atoms with Crippen LogP contribution in [0.3, 0.4) is 0 Å². The number of ether oxygens (including phenoxy) is 10. The quantitative estimate of drug-likeness (QED) is 0.113. The van der Waals surface area contributed by atoms with Gasteiger partial charge in [-0.05, 0) is 0 Å². The van der Waals surface area contributed by atoms with Crippen LogP contribution in [0.2, 0.25) is 0 Å². The van der Waals surface area contributed by atoms with Crippen molar-refractivity contribution >= 4 is 17.8 Å². The topological polar surface area (TPSA) is 410 Å². The molecule has 14 N–H and O–H groups in total. The molecule has 0 aromatic rings. The predicted octanol–water partition coefficient (Wildman–Crippen LogP) is -9.86. The molecule has 0 radical (unpaired) electrons. The highest BCUT2D eigenvalue weighted by molar-refractivity contribution is 5.74. The summed E-state index contributed by atoms with van der Waals surface area (Å²) in [4.78, 5) is 37.2. The minimum atomic E-state index is -2.24. The van der Waals surface area contributed by atoms with Crippen molar-refractivity contribution in [2.75, 3.05) is 26.4 Å². The molecule has 8 saturated heterocycles. The Hall–Kier alpha value is -2.43. The number of carboxylic acid groups (broad SMARTS) is 1. The number of fused-ring (bicyclic) bond motifs is 2. The first kappa shape index (κ1) is 47.1. The van der Waals surface area contributed by atoms with Gasteiger partial charge in [0.2, 0.25) is 11.8 Å². The normalized spacial score (nSPS) is 50.0. The van der Waals surface area contributed by atoms with E-state index >= 15 is 0 Å². The lowest BCUT2D eigenvalue weighted by atomic mass is 9.93. The zero-order chi connectivity index (χ0) is 43.9.